The van der Waals surface area contributed by atoms with Gasteiger partial charge in [-0.1, -0.05) is 36.4 Å². The fraction of sp³-hybridized carbons (Fsp3) is 0.455. The molecule has 0 radical (unpaired) electrons. The van der Waals surface area contributed by atoms with Crippen LogP contribution in [0.2, 0.25) is 0 Å². The first kappa shape index (κ1) is 17.4. The van der Waals surface area contributed by atoms with E-state index < -0.39 is 5.60 Å². The molecule has 1 atom stereocenters. The van der Waals surface area contributed by atoms with Gasteiger partial charge in [-0.05, 0) is 61.5 Å². The Balaban J connectivity index is 1.43. The zero-order chi connectivity index (χ0) is 18.0. The molecule has 2 aliphatic rings. The van der Waals surface area contributed by atoms with Gasteiger partial charge in [-0.3, -0.25) is 0 Å². The second-order valence-corrected chi connectivity index (χ2v) is 7.51. The van der Waals surface area contributed by atoms with Gasteiger partial charge in [0, 0.05) is 5.92 Å². The summed E-state index contributed by atoms with van der Waals surface area (Å²) in [6, 6.07) is 14.6. The highest BCUT2D eigenvalue weighted by molar-refractivity contribution is 5.47. The Kier molecular flexibility index (Phi) is 4.88. The van der Waals surface area contributed by atoms with Gasteiger partial charge in [-0.25, -0.2) is 0 Å². The van der Waals surface area contributed by atoms with E-state index in [2.05, 4.69) is 35.6 Å². The highest BCUT2D eigenvalue weighted by atomic mass is 16.5. The Morgan fingerprint density at radius 2 is 1.92 bits per heavy atom. The molecule has 0 spiro atoms. The van der Waals surface area contributed by atoms with Crippen molar-refractivity contribution in [2.24, 2.45) is 5.92 Å². The predicted molar refractivity (Wildman–Crippen MR) is 102 cm³/mol. The zero-order valence-corrected chi connectivity index (χ0v) is 15.3. The van der Waals surface area contributed by atoms with Crippen LogP contribution in [0.4, 0.5) is 0 Å². The van der Waals surface area contributed by atoms with Gasteiger partial charge >= 0.3 is 0 Å². The molecule has 0 aromatic heterocycles. The van der Waals surface area contributed by atoms with Gasteiger partial charge in [0.1, 0.15) is 0 Å². The van der Waals surface area contributed by atoms with E-state index in [0.29, 0.717) is 12.5 Å². The molecule has 2 aliphatic heterocycles. The van der Waals surface area contributed by atoms with Crippen molar-refractivity contribution in [1.29, 1.82) is 0 Å². The molecule has 1 fully saturated rings. The number of hydrogen-bond donors (Lipinski definition) is 2. The van der Waals surface area contributed by atoms with Crippen molar-refractivity contribution >= 4 is 0 Å². The molecule has 2 heterocycles. The minimum absolute atomic E-state index is 0.461. The van der Waals surface area contributed by atoms with Crippen LogP contribution < -0.4 is 14.8 Å². The number of fused-ring (bicyclic) bond motifs is 1. The summed E-state index contributed by atoms with van der Waals surface area (Å²) in [6.07, 6.45) is 3.55. The molecule has 1 saturated heterocycles. The average molecular weight is 353 g/mol. The van der Waals surface area contributed by atoms with Gasteiger partial charge in [0.05, 0.1) is 19.3 Å². The van der Waals surface area contributed by atoms with Crippen molar-refractivity contribution in [3.8, 4) is 11.5 Å². The van der Waals surface area contributed by atoms with Gasteiger partial charge in [-0.15, -0.1) is 0 Å². The third-order valence-electron chi connectivity index (χ3n) is 5.70. The minimum atomic E-state index is -0.673. The molecule has 4 heteroatoms. The van der Waals surface area contributed by atoms with E-state index in [1.165, 1.54) is 11.1 Å². The normalized spacial score (nSPS) is 21.5. The monoisotopic (exact) mass is 353 g/mol. The Hall–Kier alpha value is -2.04. The van der Waals surface area contributed by atoms with E-state index >= 15 is 0 Å². The first-order chi connectivity index (χ1) is 12.7. The predicted octanol–water partition coefficient (Wildman–Crippen LogP) is 3.06. The van der Waals surface area contributed by atoms with Crippen LogP contribution in [-0.2, 0) is 18.4 Å². The molecule has 0 saturated carbocycles. The summed E-state index contributed by atoms with van der Waals surface area (Å²) in [6.45, 7) is 2.46. The Labute approximate surface area is 155 Å². The number of nitrogens with one attached hydrogen (secondary N) is 1. The summed E-state index contributed by atoms with van der Waals surface area (Å²) in [5, 5.41) is 14.2. The average Bonchev–Trinajstić information content (AvgIpc) is 2.68. The van der Waals surface area contributed by atoms with E-state index in [4.69, 9.17) is 9.47 Å². The number of methoxy groups -OCH3 is 1. The van der Waals surface area contributed by atoms with Gasteiger partial charge in [0.25, 0.3) is 0 Å². The lowest BCUT2D eigenvalue weighted by atomic mass is 9.84. The van der Waals surface area contributed by atoms with Gasteiger partial charge in [0.15, 0.2) is 11.5 Å². The van der Waals surface area contributed by atoms with Gasteiger partial charge in [0.2, 0.25) is 0 Å². The first-order valence-electron chi connectivity index (χ1n) is 9.49. The Bertz CT molecular complexity index is 750. The molecule has 2 aromatic rings. The maximum absolute atomic E-state index is 10.8. The van der Waals surface area contributed by atoms with E-state index in [0.717, 1.165) is 55.8 Å². The van der Waals surface area contributed by atoms with Crippen molar-refractivity contribution < 1.29 is 14.6 Å². The summed E-state index contributed by atoms with van der Waals surface area (Å²) in [5.41, 5.74) is 2.89. The first-order valence-corrected chi connectivity index (χ1v) is 9.49. The van der Waals surface area contributed by atoms with Crippen LogP contribution in [0.3, 0.4) is 0 Å². The van der Waals surface area contributed by atoms with E-state index in [9.17, 15) is 5.11 Å². The summed E-state index contributed by atoms with van der Waals surface area (Å²) in [4.78, 5) is 0. The van der Waals surface area contributed by atoms with Crippen LogP contribution >= 0.6 is 0 Å². The number of piperidine rings is 1. The zero-order valence-electron chi connectivity index (χ0n) is 15.3. The van der Waals surface area contributed by atoms with Crippen molar-refractivity contribution in [2.45, 2.75) is 31.3 Å². The van der Waals surface area contributed by atoms with Crippen LogP contribution in [0.1, 0.15) is 29.5 Å². The van der Waals surface area contributed by atoms with Gasteiger partial charge < -0.3 is 19.9 Å². The second kappa shape index (κ2) is 7.29. The van der Waals surface area contributed by atoms with Crippen molar-refractivity contribution in [3.63, 3.8) is 0 Å². The number of para-hydroxylation sites is 1. The number of rotatable bonds is 4. The molecule has 1 unspecified atom stereocenters. The van der Waals surface area contributed by atoms with Crippen molar-refractivity contribution in [2.75, 3.05) is 26.8 Å². The number of ether oxygens (including phenoxy) is 2. The summed E-state index contributed by atoms with van der Waals surface area (Å²) < 4.78 is 11.4. The van der Waals surface area contributed by atoms with Crippen LogP contribution in [-0.4, -0.2) is 31.9 Å². The van der Waals surface area contributed by atoms with Crippen LogP contribution in [0.25, 0.3) is 0 Å². The van der Waals surface area contributed by atoms with Crippen molar-refractivity contribution in [1.82, 2.24) is 5.32 Å². The largest absolute Gasteiger partial charge is 0.493 e. The van der Waals surface area contributed by atoms with Crippen molar-refractivity contribution in [3.05, 3.63) is 59.2 Å². The van der Waals surface area contributed by atoms with E-state index in [-0.39, 0.29) is 0 Å². The maximum Gasteiger partial charge on any atom is 0.164 e. The topological polar surface area (TPSA) is 50.7 Å². The SMILES string of the molecule is COc1cccc2c1OCC(Cc1ccc(C3(O)CCNCC3)cc1)C2. The Morgan fingerprint density at radius 3 is 2.65 bits per heavy atom. The quantitative estimate of drug-likeness (QED) is 0.887. The number of aliphatic hydroxyl groups is 1. The molecule has 2 aromatic carbocycles. The highest BCUT2D eigenvalue weighted by Crippen LogP contribution is 2.37. The van der Waals surface area contributed by atoms with Gasteiger partial charge in [-0.2, -0.15) is 0 Å². The Morgan fingerprint density at radius 1 is 1.15 bits per heavy atom. The summed E-state index contributed by atoms with van der Waals surface area (Å²) in [5.74, 6) is 2.18. The minimum Gasteiger partial charge on any atom is -0.493 e. The molecule has 0 amide bonds. The van der Waals surface area contributed by atoms with E-state index in [1.807, 2.05) is 12.1 Å². The molecule has 4 rings (SSSR count). The smallest absolute Gasteiger partial charge is 0.164 e. The molecule has 0 bridgehead atoms. The maximum atomic E-state index is 10.8. The standard InChI is InChI=1S/C22H27NO3/c1-25-20-4-2-3-18-14-17(15-26-21(18)20)13-16-5-7-19(8-6-16)22(24)9-11-23-12-10-22/h2-8,17,23-24H,9-15H2,1H3. The third-order valence-corrected chi connectivity index (χ3v) is 5.70. The fourth-order valence-electron chi connectivity index (χ4n) is 4.16. The molecule has 4 nitrogen and oxygen atoms in total. The van der Waals surface area contributed by atoms with E-state index in [1.54, 1.807) is 7.11 Å². The molecule has 2 N–H and O–H groups in total. The third kappa shape index (κ3) is 3.44. The lowest BCUT2D eigenvalue weighted by Crippen LogP contribution is -2.39. The molecule has 138 valence electrons. The lowest BCUT2D eigenvalue weighted by Gasteiger charge is -2.33. The van der Waals surface area contributed by atoms with Crippen LogP contribution in [0, 0.1) is 5.92 Å². The van der Waals surface area contributed by atoms with Crippen LogP contribution in [0.15, 0.2) is 42.5 Å². The summed E-state index contributed by atoms with van der Waals surface area (Å²) in [7, 11) is 1.68. The molecular weight excluding hydrogens is 326 g/mol. The van der Waals surface area contributed by atoms with Crippen LogP contribution in [0.5, 0.6) is 11.5 Å². The number of benzene rings is 2. The molecule has 26 heavy (non-hydrogen) atoms. The lowest BCUT2D eigenvalue weighted by molar-refractivity contribution is 0.00592. The molecule has 0 aliphatic carbocycles. The number of hydrogen-bond acceptors (Lipinski definition) is 4. The fourth-order valence-corrected chi connectivity index (χ4v) is 4.16. The second-order valence-electron chi connectivity index (χ2n) is 7.51. The molecular formula is C22H27NO3. The highest BCUT2D eigenvalue weighted by Gasteiger charge is 2.31. The summed E-state index contributed by atoms with van der Waals surface area (Å²) >= 11 is 0.